The summed E-state index contributed by atoms with van der Waals surface area (Å²) in [6.45, 7) is 0. The van der Waals surface area contributed by atoms with E-state index < -0.39 is 5.91 Å². The van der Waals surface area contributed by atoms with Crippen LogP contribution in [0.5, 0.6) is 5.75 Å². The van der Waals surface area contributed by atoms with Crippen molar-refractivity contribution >= 4 is 33.8 Å². The Balaban J connectivity index is 3.16. The van der Waals surface area contributed by atoms with Crippen molar-refractivity contribution in [3.05, 3.63) is 22.7 Å². The molecule has 15 heavy (non-hydrogen) atoms. The van der Waals surface area contributed by atoms with Gasteiger partial charge < -0.3 is 9.64 Å². The van der Waals surface area contributed by atoms with Gasteiger partial charge in [0.05, 0.1) is 12.8 Å². The Morgan fingerprint density at radius 3 is 2.73 bits per heavy atom. The lowest BCUT2D eigenvalue weighted by Crippen LogP contribution is -2.27. The molecule has 1 aromatic rings. The van der Waals surface area contributed by atoms with Gasteiger partial charge in [0.25, 0.3) is 5.91 Å². The van der Waals surface area contributed by atoms with E-state index in [-0.39, 0.29) is 6.29 Å². The van der Waals surface area contributed by atoms with Gasteiger partial charge in [-0.1, -0.05) is 15.9 Å². The summed E-state index contributed by atoms with van der Waals surface area (Å²) in [7, 11) is 3.02. The van der Waals surface area contributed by atoms with Crippen LogP contribution in [0.3, 0.4) is 0 Å². The lowest BCUT2D eigenvalue weighted by molar-refractivity contribution is -0.129. The standard InChI is InChI=1S/C10H10BrNO3/c1-12(10(14)6-13)8-5-7(11)3-4-9(8)15-2/h3-6H,1-2H3. The van der Waals surface area contributed by atoms with E-state index in [0.717, 1.165) is 4.47 Å². The molecule has 0 saturated heterocycles. The zero-order chi connectivity index (χ0) is 11.4. The molecule has 1 aromatic carbocycles. The first-order valence-electron chi connectivity index (χ1n) is 4.16. The molecule has 4 nitrogen and oxygen atoms in total. The highest BCUT2D eigenvalue weighted by Gasteiger charge is 2.14. The number of benzene rings is 1. The maximum atomic E-state index is 11.2. The quantitative estimate of drug-likeness (QED) is 0.620. The Labute approximate surface area is 96.0 Å². The van der Waals surface area contributed by atoms with Crippen molar-refractivity contribution in [3.63, 3.8) is 0 Å². The van der Waals surface area contributed by atoms with E-state index in [1.807, 2.05) is 0 Å². The smallest absolute Gasteiger partial charge is 0.290 e. The Morgan fingerprint density at radius 2 is 2.20 bits per heavy atom. The van der Waals surface area contributed by atoms with Crippen molar-refractivity contribution in [1.29, 1.82) is 0 Å². The maximum absolute atomic E-state index is 11.2. The van der Waals surface area contributed by atoms with Crippen molar-refractivity contribution in [2.24, 2.45) is 0 Å². The van der Waals surface area contributed by atoms with Gasteiger partial charge in [0.1, 0.15) is 5.75 Å². The maximum Gasteiger partial charge on any atom is 0.290 e. The molecule has 0 spiro atoms. The SMILES string of the molecule is COc1ccc(Br)cc1N(C)C(=O)C=O. The second-order valence-electron chi connectivity index (χ2n) is 2.83. The van der Waals surface area contributed by atoms with Crippen molar-refractivity contribution in [3.8, 4) is 5.75 Å². The van der Waals surface area contributed by atoms with Crippen molar-refractivity contribution < 1.29 is 14.3 Å². The topological polar surface area (TPSA) is 46.6 Å². The molecule has 0 aliphatic heterocycles. The number of methoxy groups -OCH3 is 1. The van der Waals surface area contributed by atoms with E-state index in [0.29, 0.717) is 11.4 Å². The fourth-order valence-electron chi connectivity index (χ4n) is 1.12. The Hall–Kier alpha value is -1.36. The number of aldehydes is 1. The normalized spacial score (nSPS) is 9.53. The Bertz CT molecular complexity index is 392. The molecule has 0 unspecified atom stereocenters. The summed E-state index contributed by atoms with van der Waals surface area (Å²) in [6.07, 6.45) is 0.264. The number of rotatable bonds is 3. The fourth-order valence-corrected chi connectivity index (χ4v) is 1.47. The first-order valence-corrected chi connectivity index (χ1v) is 4.96. The third-order valence-electron chi connectivity index (χ3n) is 1.93. The summed E-state index contributed by atoms with van der Waals surface area (Å²) >= 11 is 3.28. The third-order valence-corrected chi connectivity index (χ3v) is 2.43. The van der Waals surface area contributed by atoms with Crippen LogP contribution in [0.4, 0.5) is 5.69 Å². The zero-order valence-electron chi connectivity index (χ0n) is 8.36. The van der Waals surface area contributed by atoms with E-state index >= 15 is 0 Å². The summed E-state index contributed by atoms with van der Waals surface area (Å²) in [5, 5.41) is 0. The molecule has 0 aliphatic rings. The van der Waals surface area contributed by atoms with Crippen molar-refractivity contribution in [2.75, 3.05) is 19.1 Å². The summed E-state index contributed by atoms with van der Waals surface area (Å²) in [4.78, 5) is 22.8. The molecule has 0 atom stereocenters. The molecule has 0 bridgehead atoms. The van der Waals surface area contributed by atoms with Crippen LogP contribution in [0, 0.1) is 0 Å². The number of carbonyl (C=O) groups excluding carboxylic acids is 2. The minimum absolute atomic E-state index is 0.264. The number of carbonyl (C=O) groups is 2. The lowest BCUT2D eigenvalue weighted by atomic mass is 10.2. The Kier molecular flexibility index (Phi) is 3.85. The third kappa shape index (κ3) is 2.56. The minimum atomic E-state index is -0.619. The predicted octanol–water partition coefficient (Wildman–Crippen LogP) is 1.62. The highest BCUT2D eigenvalue weighted by atomic mass is 79.9. The van der Waals surface area contributed by atoms with Crippen LogP contribution in [0.2, 0.25) is 0 Å². The fraction of sp³-hybridized carbons (Fsp3) is 0.200. The number of anilines is 1. The molecule has 0 aliphatic carbocycles. The predicted molar refractivity (Wildman–Crippen MR) is 60.2 cm³/mol. The van der Waals surface area contributed by atoms with Crippen LogP contribution >= 0.6 is 15.9 Å². The molecule has 80 valence electrons. The van der Waals surface area contributed by atoms with E-state index in [1.165, 1.54) is 19.1 Å². The first kappa shape index (κ1) is 11.7. The van der Waals surface area contributed by atoms with Crippen molar-refractivity contribution in [1.82, 2.24) is 0 Å². The average Bonchev–Trinajstić information content (AvgIpc) is 2.27. The summed E-state index contributed by atoms with van der Waals surface area (Å²) in [5.74, 6) is -0.0812. The number of likely N-dealkylation sites (N-methyl/N-ethyl adjacent to an activating group) is 1. The summed E-state index contributed by atoms with van der Waals surface area (Å²) < 4.78 is 5.89. The lowest BCUT2D eigenvalue weighted by Gasteiger charge is -2.17. The highest BCUT2D eigenvalue weighted by Crippen LogP contribution is 2.30. The van der Waals surface area contributed by atoms with Gasteiger partial charge in [-0.25, -0.2) is 0 Å². The van der Waals surface area contributed by atoms with Crippen LogP contribution in [0.25, 0.3) is 0 Å². The van der Waals surface area contributed by atoms with Crippen LogP contribution < -0.4 is 9.64 Å². The number of amides is 1. The van der Waals surface area contributed by atoms with E-state index in [2.05, 4.69) is 15.9 Å². The van der Waals surface area contributed by atoms with Gasteiger partial charge in [0, 0.05) is 11.5 Å². The number of halogens is 1. The van der Waals surface area contributed by atoms with E-state index in [9.17, 15) is 9.59 Å². The Morgan fingerprint density at radius 1 is 1.53 bits per heavy atom. The molecule has 0 saturated carbocycles. The van der Waals surface area contributed by atoms with Crippen LogP contribution in [0.1, 0.15) is 0 Å². The van der Waals surface area contributed by atoms with Gasteiger partial charge in [-0.15, -0.1) is 0 Å². The van der Waals surface area contributed by atoms with Gasteiger partial charge in [-0.05, 0) is 18.2 Å². The summed E-state index contributed by atoms with van der Waals surface area (Å²) in [6, 6.07) is 5.22. The van der Waals surface area contributed by atoms with Gasteiger partial charge in [0.15, 0.2) is 0 Å². The van der Waals surface area contributed by atoms with Gasteiger partial charge >= 0.3 is 0 Å². The molecule has 0 heterocycles. The number of ether oxygens (including phenoxy) is 1. The van der Waals surface area contributed by atoms with Gasteiger partial charge in [-0.2, -0.15) is 0 Å². The highest BCUT2D eigenvalue weighted by molar-refractivity contribution is 9.10. The van der Waals surface area contributed by atoms with Gasteiger partial charge in [0.2, 0.25) is 6.29 Å². The average molecular weight is 272 g/mol. The van der Waals surface area contributed by atoms with Crippen molar-refractivity contribution in [2.45, 2.75) is 0 Å². The number of hydrogen-bond acceptors (Lipinski definition) is 3. The number of hydrogen-bond donors (Lipinski definition) is 0. The molecule has 1 amide bonds. The van der Waals surface area contributed by atoms with Crippen LogP contribution in [-0.2, 0) is 9.59 Å². The molecular formula is C10H10BrNO3. The van der Waals surface area contributed by atoms with Crippen LogP contribution in [-0.4, -0.2) is 26.4 Å². The van der Waals surface area contributed by atoms with Gasteiger partial charge in [-0.3, -0.25) is 9.59 Å². The second-order valence-corrected chi connectivity index (χ2v) is 3.75. The zero-order valence-corrected chi connectivity index (χ0v) is 9.95. The van der Waals surface area contributed by atoms with E-state index in [4.69, 9.17) is 4.74 Å². The number of nitrogens with zero attached hydrogens (tertiary/aromatic N) is 1. The monoisotopic (exact) mass is 271 g/mol. The van der Waals surface area contributed by atoms with E-state index in [1.54, 1.807) is 18.2 Å². The molecule has 0 N–H and O–H groups in total. The second kappa shape index (κ2) is 4.93. The summed E-state index contributed by atoms with van der Waals surface area (Å²) in [5.41, 5.74) is 0.545. The molecule has 0 radical (unpaired) electrons. The van der Waals surface area contributed by atoms with Crippen LogP contribution in [0.15, 0.2) is 22.7 Å². The first-order chi connectivity index (χ1) is 7.10. The largest absolute Gasteiger partial charge is 0.495 e. The minimum Gasteiger partial charge on any atom is -0.495 e. The molecule has 0 fully saturated rings. The molecule has 5 heteroatoms. The molecule has 0 aromatic heterocycles. The molecule has 1 rings (SSSR count). The molecular weight excluding hydrogens is 262 g/mol.